The summed E-state index contributed by atoms with van der Waals surface area (Å²) in [6, 6.07) is 7.87. The largest absolute Gasteiger partial charge is 0.490 e. The van der Waals surface area contributed by atoms with Gasteiger partial charge in [0, 0.05) is 56.7 Å². The van der Waals surface area contributed by atoms with Crippen molar-refractivity contribution in [2.24, 2.45) is 5.92 Å². The molecule has 0 radical (unpaired) electrons. The predicted octanol–water partition coefficient (Wildman–Crippen LogP) is 5.29. The van der Waals surface area contributed by atoms with Crippen molar-refractivity contribution in [3.8, 4) is 5.75 Å². The second kappa shape index (κ2) is 16.7. The molecule has 9 nitrogen and oxygen atoms in total. The van der Waals surface area contributed by atoms with Gasteiger partial charge >= 0.3 is 6.18 Å². The number of benzene rings is 1. The number of halogens is 3. The minimum absolute atomic E-state index is 0.121. The number of pyridine rings is 1. The van der Waals surface area contributed by atoms with Crippen LogP contribution in [-0.2, 0) is 16.1 Å². The Balaban J connectivity index is 1.89. The molecule has 2 N–H and O–H groups in total. The summed E-state index contributed by atoms with van der Waals surface area (Å²) in [4.78, 5) is 34.2. The Morgan fingerprint density at radius 2 is 1.93 bits per heavy atom. The van der Waals surface area contributed by atoms with Crippen LogP contribution in [0, 0.1) is 5.92 Å². The number of aliphatic hydroxyl groups is 1. The Kier molecular flexibility index (Phi) is 13.4. The minimum atomic E-state index is -4.46. The number of rotatable bonds is 9. The molecule has 0 spiro atoms. The summed E-state index contributed by atoms with van der Waals surface area (Å²) in [5, 5.41) is 12.6. The molecule has 12 heteroatoms. The topological polar surface area (TPSA) is 104 Å². The molecule has 3 rings (SSSR count). The van der Waals surface area contributed by atoms with Crippen molar-refractivity contribution in [1.29, 1.82) is 0 Å². The van der Waals surface area contributed by atoms with Gasteiger partial charge in [0.05, 0.1) is 36.8 Å². The van der Waals surface area contributed by atoms with Crippen molar-refractivity contribution in [2.75, 3.05) is 38.7 Å². The molecule has 244 valence electrons. The van der Waals surface area contributed by atoms with Gasteiger partial charge in [-0.25, -0.2) is 0 Å². The number of hydrogen-bond donors (Lipinski definition) is 2. The summed E-state index contributed by atoms with van der Waals surface area (Å²) < 4.78 is 50.5. The average Bonchev–Trinajstić information content (AvgIpc) is 2.97. The number of likely N-dealkylation sites (N-methyl/N-ethyl adjacent to an activating group) is 1. The third-order valence-electron chi connectivity index (χ3n) is 7.66. The summed E-state index contributed by atoms with van der Waals surface area (Å²) in [6.07, 6.45) is -0.977. The van der Waals surface area contributed by atoms with E-state index in [9.17, 15) is 27.9 Å². The number of aromatic nitrogens is 1. The Hall–Kier alpha value is -3.22. The molecule has 0 unspecified atom stereocenters. The van der Waals surface area contributed by atoms with Gasteiger partial charge < -0.3 is 24.8 Å². The molecule has 2 aromatic rings. The maximum atomic E-state index is 14.1. The zero-order valence-electron chi connectivity index (χ0n) is 26.0. The summed E-state index contributed by atoms with van der Waals surface area (Å²) >= 11 is 0. The van der Waals surface area contributed by atoms with Gasteiger partial charge in [-0.05, 0) is 76.1 Å². The highest BCUT2D eigenvalue weighted by Gasteiger charge is 2.31. The lowest BCUT2D eigenvalue weighted by atomic mass is 10.0. The van der Waals surface area contributed by atoms with E-state index in [0.717, 1.165) is 18.4 Å². The lowest BCUT2D eigenvalue weighted by Gasteiger charge is -2.36. The van der Waals surface area contributed by atoms with Gasteiger partial charge in [0.2, 0.25) is 5.91 Å². The van der Waals surface area contributed by atoms with E-state index in [2.05, 4.69) is 15.2 Å². The van der Waals surface area contributed by atoms with Crippen molar-refractivity contribution < 1.29 is 37.3 Å². The first-order chi connectivity index (χ1) is 20.9. The first-order valence-corrected chi connectivity index (χ1v) is 15.1. The number of ether oxygens (including phenoxy) is 2. The fraction of sp³-hybridized carbons (Fsp3) is 0.594. The van der Waals surface area contributed by atoms with E-state index in [4.69, 9.17) is 9.47 Å². The smallest absolute Gasteiger partial charge is 0.389 e. The van der Waals surface area contributed by atoms with Crippen molar-refractivity contribution in [2.45, 2.75) is 83.8 Å². The van der Waals surface area contributed by atoms with Crippen LogP contribution in [0.4, 0.5) is 18.9 Å². The van der Waals surface area contributed by atoms with Gasteiger partial charge in [0.25, 0.3) is 5.91 Å². The molecule has 0 aliphatic carbocycles. The summed E-state index contributed by atoms with van der Waals surface area (Å²) in [6.45, 7) is 7.51. The van der Waals surface area contributed by atoms with Crippen LogP contribution in [0.25, 0.3) is 0 Å². The molecule has 1 aliphatic heterocycles. The van der Waals surface area contributed by atoms with Crippen LogP contribution in [0.5, 0.6) is 5.75 Å². The fourth-order valence-electron chi connectivity index (χ4n) is 5.11. The molecule has 44 heavy (non-hydrogen) atoms. The Morgan fingerprint density at radius 1 is 1.20 bits per heavy atom. The lowest BCUT2D eigenvalue weighted by Crippen LogP contribution is -2.47. The quantitative estimate of drug-likeness (QED) is 0.392. The molecule has 1 aromatic carbocycles. The Bertz CT molecular complexity index is 1200. The Morgan fingerprint density at radius 3 is 2.61 bits per heavy atom. The summed E-state index contributed by atoms with van der Waals surface area (Å²) in [7, 11) is 2.01. The third kappa shape index (κ3) is 11.4. The predicted molar refractivity (Wildman–Crippen MR) is 161 cm³/mol. The minimum Gasteiger partial charge on any atom is -0.490 e. The normalized spacial score (nSPS) is 21.2. The number of hydrogen-bond acceptors (Lipinski definition) is 7. The zero-order chi connectivity index (χ0) is 32.3. The van der Waals surface area contributed by atoms with E-state index in [1.54, 1.807) is 30.3 Å². The fourth-order valence-corrected chi connectivity index (χ4v) is 5.11. The number of amides is 2. The monoisotopic (exact) mass is 622 g/mol. The second-order valence-electron chi connectivity index (χ2n) is 11.7. The van der Waals surface area contributed by atoms with Crippen LogP contribution < -0.4 is 10.1 Å². The number of nitrogens with one attached hydrogen (secondary N) is 1. The van der Waals surface area contributed by atoms with Crippen LogP contribution in [0.3, 0.4) is 0 Å². The molecule has 0 saturated carbocycles. The molecular formula is C32H45F3N4O5. The average molecular weight is 623 g/mol. The number of alkyl halides is 3. The van der Waals surface area contributed by atoms with Crippen LogP contribution in [0.15, 0.2) is 42.7 Å². The standard InChI is InChI=1S/C32H45F3N4O5/c1-22-18-39(23(2)21-40)31(42)27-17-26(37-30(41)10-13-32(33,34)35)8-9-28(27)44-24(3)7-5-6-16-43-29(22)20-38(4)19-25-11-14-36-15-12-25/h8-9,11-12,14-15,17,22-24,29,40H,5-7,10,13,16,18-21H2,1-4H3,(H,37,41)/t22-,23+,24-,29-/m0/s1. The van der Waals surface area contributed by atoms with E-state index >= 15 is 0 Å². The van der Waals surface area contributed by atoms with Crippen molar-refractivity contribution >= 4 is 17.5 Å². The number of anilines is 1. The molecule has 2 amide bonds. The van der Waals surface area contributed by atoms with Crippen LogP contribution in [0.1, 0.15) is 68.8 Å². The van der Waals surface area contributed by atoms with E-state index in [1.165, 1.54) is 12.1 Å². The van der Waals surface area contributed by atoms with Crippen molar-refractivity contribution in [3.63, 3.8) is 0 Å². The van der Waals surface area contributed by atoms with E-state index in [0.29, 0.717) is 31.9 Å². The highest BCUT2D eigenvalue weighted by atomic mass is 19.4. The summed E-state index contributed by atoms with van der Waals surface area (Å²) in [5.41, 5.74) is 1.46. The van der Waals surface area contributed by atoms with Crippen LogP contribution in [-0.4, -0.2) is 89.5 Å². The van der Waals surface area contributed by atoms with Gasteiger partial charge in [-0.3, -0.25) is 19.5 Å². The molecule has 4 atom stereocenters. The second-order valence-corrected chi connectivity index (χ2v) is 11.7. The van der Waals surface area contributed by atoms with Gasteiger partial charge in [-0.15, -0.1) is 0 Å². The SMILES string of the molecule is C[C@H](CO)N1C[C@H](C)[C@H](CN(C)Cc2ccncc2)OCCCC[C@H](C)Oc2ccc(NC(=O)CCC(F)(F)F)cc2C1=O. The maximum Gasteiger partial charge on any atom is 0.389 e. The van der Waals surface area contributed by atoms with Crippen LogP contribution >= 0.6 is 0 Å². The maximum absolute atomic E-state index is 14.1. The third-order valence-corrected chi connectivity index (χ3v) is 7.66. The van der Waals surface area contributed by atoms with Crippen molar-refractivity contribution in [3.05, 3.63) is 53.9 Å². The zero-order valence-corrected chi connectivity index (χ0v) is 26.0. The van der Waals surface area contributed by atoms with E-state index in [1.807, 2.05) is 33.0 Å². The van der Waals surface area contributed by atoms with E-state index < -0.39 is 36.9 Å². The molecule has 0 fully saturated rings. The van der Waals surface area contributed by atoms with E-state index in [-0.39, 0.29) is 42.5 Å². The molecule has 1 aromatic heterocycles. The highest BCUT2D eigenvalue weighted by Crippen LogP contribution is 2.29. The molecule has 0 bridgehead atoms. The lowest BCUT2D eigenvalue weighted by molar-refractivity contribution is -0.142. The van der Waals surface area contributed by atoms with Crippen LogP contribution in [0.2, 0.25) is 0 Å². The van der Waals surface area contributed by atoms with Gasteiger partial charge in [-0.1, -0.05) is 6.92 Å². The number of fused-ring (bicyclic) bond motifs is 1. The van der Waals surface area contributed by atoms with Gasteiger partial charge in [0.15, 0.2) is 0 Å². The molecule has 0 saturated heterocycles. The van der Waals surface area contributed by atoms with Crippen molar-refractivity contribution in [1.82, 2.24) is 14.8 Å². The highest BCUT2D eigenvalue weighted by molar-refractivity contribution is 5.99. The number of carbonyl (C=O) groups excluding carboxylic acids is 2. The molecule has 2 heterocycles. The first kappa shape index (κ1) is 35.3. The molecular weight excluding hydrogens is 577 g/mol. The number of nitrogens with zero attached hydrogens (tertiary/aromatic N) is 3. The first-order valence-electron chi connectivity index (χ1n) is 15.1. The van der Waals surface area contributed by atoms with Gasteiger partial charge in [-0.2, -0.15) is 13.2 Å². The van der Waals surface area contributed by atoms with Gasteiger partial charge in [0.1, 0.15) is 5.75 Å². The number of aliphatic hydroxyl groups excluding tert-OH is 1. The number of carbonyl (C=O) groups is 2. The Labute approximate surface area is 257 Å². The molecule has 1 aliphatic rings. The summed E-state index contributed by atoms with van der Waals surface area (Å²) in [5.74, 6) is -1.05.